The van der Waals surface area contributed by atoms with E-state index in [1.54, 1.807) is 13.0 Å². The summed E-state index contributed by atoms with van der Waals surface area (Å²) < 4.78 is 5.14. The van der Waals surface area contributed by atoms with Crippen molar-refractivity contribution in [2.75, 3.05) is 18.5 Å². The molecule has 7 nitrogen and oxygen atoms in total. The number of hydrogen-bond donors (Lipinski definition) is 3. The number of carbonyl (C=O) groups is 2. The van der Waals surface area contributed by atoms with Gasteiger partial charge in [0.15, 0.2) is 5.54 Å². The Balaban J connectivity index is 2.32. The monoisotopic (exact) mass is 265 g/mol. The smallest absolute Gasteiger partial charge is 0.331 e. The van der Waals surface area contributed by atoms with Gasteiger partial charge in [0.05, 0.1) is 6.61 Å². The fraction of sp³-hybridized carbons (Fsp3) is 0.417. The highest BCUT2D eigenvalue weighted by Gasteiger charge is 2.43. The number of amides is 1. The predicted molar refractivity (Wildman–Crippen MR) is 66.9 cm³/mol. The number of nitrogens with zero attached hydrogens (tertiary/aromatic N) is 1. The molecule has 1 aliphatic rings. The number of aryl methyl sites for hydroxylation is 1. The summed E-state index contributed by atoms with van der Waals surface area (Å²) in [7, 11) is 0. The van der Waals surface area contributed by atoms with Crippen LogP contribution in [0.15, 0.2) is 12.1 Å². The van der Waals surface area contributed by atoms with E-state index >= 15 is 0 Å². The standard InChI is InChI=1S/C12H15N3O4/c1-7-4-8(10(13)16)5-9(14-7)15-12(11(17)18)2-3-19-6-12/h4-5H,2-3,6H2,1H3,(H2,13,16)(H,14,15)(H,17,18). The molecule has 1 amide bonds. The fourth-order valence-corrected chi connectivity index (χ4v) is 2.01. The molecular formula is C12H15N3O4. The largest absolute Gasteiger partial charge is 0.479 e. The van der Waals surface area contributed by atoms with Crippen LogP contribution in [-0.2, 0) is 9.53 Å². The number of pyridine rings is 1. The van der Waals surface area contributed by atoms with E-state index in [4.69, 9.17) is 10.5 Å². The highest BCUT2D eigenvalue weighted by Crippen LogP contribution is 2.24. The van der Waals surface area contributed by atoms with Crippen molar-refractivity contribution in [1.82, 2.24) is 4.98 Å². The number of aromatic nitrogens is 1. The van der Waals surface area contributed by atoms with E-state index in [-0.39, 0.29) is 12.2 Å². The van der Waals surface area contributed by atoms with E-state index in [0.717, 1.165) is 0 Å². The van der Waals surface area contributed by atoms with Crippen molar-refractivity contribution in [1.29, 1.82) is 0 Å². The molecule has 1 atom stereocenters. The van der Waals surface area contributed by atoms with Crippen molar-refractivity contribution in [3.05, 3.63) is 23.4 Å². The third kappa shape index (κ3) is 2.65. The third-order valence-corrected chi connectivity index (χ3v) is 3.04. The van der Waals surface area contributed by atoms with Crippen LogP contribution < -0.4 is 11.1 Å². The minimum atomic E-state index is -1.20. The minimum absolute atomic E-state index is 0.0594. The van der Waals surface area contributed by atoms with E-state index in [2.05, 4.69) is 10.3 Å². The summed E-state index contributed by atoms with van der Waals surface area (Å²) >= 11 is 0. The molecule has 1 unspecified atom stereocenters. The SMILES string of the molecule is Cc1cc(C(N)=O)cc(NC2(C(=O)O)CCOC2)n1. The number of primary amides is 1. The zero-order valence-electron chi connectivity index (χ0n) is 10.5. The van der Waals surface area contributed by atoms with Gasteiger partial charge >= 0.3 is 5.97 Å². The van der Waals surface area contributed by atoms with E-state index in [0.29, 0.717) is 24.5 Å². The molecule has 0 radical (unpaired) electrons. The predicted octanol–water partition coefficient (Wildman–Crippen LogP) is 0.145. The zero-order valence-corrected chi connectivity index (χ0v) is 10.5. The number of rotatable bonds is 4. The number of carboxylic acid groups (broad SMARTS) is 1. The zero-order chi connectivity index (χ0) is 14.0. The van der Waals surface area contributed by atoms with Crippen LogP contribution in [0, 0.1) is 6.92 Å². The Morgan fingerprint density at radius 3 is 2.79 bits per heavy atom. The number of anilines is 1. The molecule has 1 aromatic rings. The van der Waals surface area contributed by atoms with Crippen molar-refractivity contribution in [2.24, 2.45) is 5.73 Å². The number of aliphatic carboxylic acids is 1. The quantitative estimate of drug-likeness (QED) is 0.713. The van der Waals surface area contributed by atoms with Gasteiger partial charge in [0.25, 0.3) is 0 Å². The molecule has 1 aromatic heterocycles. The summed E-state index contributed by atoms with van der Waals surface area (Å²) in [6, 6.07) is 2.99. The van der Waals surface area contributed by atoms with Crippen molar-refractivity contribution in [3.63, 3.8) is 0 Å². The van der Waals surface area contributed by atoms with Gasteiger partial charge < -0.3 is 20.9 Å². The van der Waals surface area contributed by atoms with Gasteiger partial charge in [0.1, 0.15) is 5.82 Å². The Labute approximate surface area is 109 Å². The van der Waals surface area contributed by atoms with Crippen LogP contribution in [0.5, 0.6) is 0 Å². The van der Waals surface area contributed by atoms with Gasteiger partial charge in [-0.15, -0.1) is 0 Å². The molecule has 0 aliphatic carbocycles. The number of carbonyl (C=O) groups excluding carboxylic acids is 1. The summed E-state index contributed by atoms with van der Waals surface area (Å²) in [5.74, 6) is -1.28. The summed E-state index contributed by atoms with van der Waals surface area (Å²) in [5.41, 5.74) is 4.89. The van der Waals surface area contributed by atoms with Crippen LogP contribution in [0.3, 0.4) is 0 Å². The van der Waals surface area contributed by atoms with Gasteiger partial charge in [0.2, 0.25) is 5.91 Å². The average molecular weight is 265 g/mol. The molecule has 0 spiro atoms. The average Bonchev–Trinajstić information content (AvgIpc) is 2.78. The maximum absolute atomic E-state index is 11.4. The summed E-state index contributed by atoms with van der Waals surface area (Å²) in [6.45, 7) is 2.13. The van der Waals surface area contributed by atoms with Gasteiger partial charge in [-0.2, -0.15) is 0 Å². The van der Waals surface area contributed by atoms with Gasteiger partial charge in [-0.05, 0) is 19.1 Å². The molecule has 2 heterocycles. The summed E-state index contributed by atoms with van der Waals surface area (Å²) in [5, 5.41) is 12.2. The topological polar surface area (TPSA) is 115 Å². The Morgan fingerprint density at radius 2 is 2.26 bits per heavy atom. The van der Waals surface area contributed by atoms with Crippen molar-refractivity contribution >= 4 is 17.7 Å². The maximum Gasteiger partial charge on any atom is 0.331 e. The lowest BCUT2D eigenvalue weighted by molar-refractivity contribution is -0.142. The minimum Gasteiger partial charge on any atom is -0.479 e. The molecule has 19 heavy (non-hydrogen) atoms. The number of ether oxygens (including phenoxy) is 1. The highest BCUT2D eigenvalue weighted by atomic mass is 16.5. The van der Waals surface area contributed by atoms with E-state index in [1.807, 2.05) is 0 Å². The van der Waals surface area contributed by atoms with Gasteiger partial charge in [-0.1, -0.05) is 0 Å². The lowest BCUT2D eigenvalue weighted by Crippen LogP contribution is -2.47. The first-order valence-electron chi connectivity index (χ1n) is 5.81. The lowest BCUT2D eigenvalue weighted by atomic mass is 9.99. The molecule has 1 saturated heterocycles. The molecule has 1 fully saturated rings. The van der Waals surface area contributed by atoms with E-state index in [9.17, 15) is 14.7 Å². The first kappa shape index (κ1) is 13.3. The fourth-order valence-electron chi connectivity index (χ4n) is 2.01. The van der Waals surface area contributed by atoms with Crippen LogP contribution in [0.1, 0.15) is 22.5 Å². The molecule has 0 aromatic carbocycles. The van der Waals surface area contributed by atoms with E-state index < -0.39 is 17.4 Å². The molecule has 0 saturated carbocycles. The normalized spacial score (nSPS) is 22.2. The van der Waals surface area contributed by atoms with E-state index in [1.165, 1.54) is 6.07 Å². The Bertz CT molecular complexity index is 524. The second-order valence-electron chi connectivity index (χ2n) is 4.56. The first-order valence-corrected chi connectivity index (χ1v) is 5.81. The maximum atomic E-state index is 11.4. The number of carboxylic acids is 1. The second-order valence-corrected chi connectivity index (χ2v) is 4.56. The summed E-state index contributed by atoms with van der Waals surface area (Å²) in [4.78, 5) is 26.7. The van der Waals surface area contributed by atoms with Crippen LogP contribution in [-0.4, -0.2) is 40.7 Å². The Kier molecular flexibility index (Phi) is 3.39. The highest BCUT2D eigenvalue weighted by molar-refractivity contribution is 5.94. The number of hydrogen-bond acceptors (Lipinski definition) is 5. The number of nitrogens with two attached hydrogens (primary N) is 1. The Morgan fingerprint density at radius 1 is 1.53 bits per heavy atom. The van der Waals surface area contributed by atoms with Crippen molar-refractivity contribution in [3.8, 4) is 0 Å². The molecule has 102 valence electrons. The van der Waals surface area contributed by atoms with Gasteiger partial charge in [0, 0.05) is 24.3 Å². The third-order valence-electron chi connectivity index (χ3n) is 3.04. The first-order chi connectivity index (χ1) is 8.93. The summed E-state index contributed by atoms with van der Waals surface area (Å²) in [6.07, 6.45) is 0.337. The Hall–Kier alpha value is -2.15. The molecule has 2 rings (SSSR count). The molecule has 7 heteroatoms. The lowest BCUT2D eigenvalue weighted by Gasteiger charge is -2.24. The molecule has 1 aliphatic heterocycles. The van der Waals surface area contributed by atoms with Crippen LogP contribution >= 0.6 is 0 Å². The van der Waals surface area contributed by atoms with Gasteiger partial charge in [-0.3, -0.25) is 4.79 Å². The molecule has 0 bridgehead atoms. The van der Waals surface area contributed by atoms with Crippen molar-refractivity contribution < 1.29 is 19.4 Å². The van der Waals surface area contributed by atoms with Crippen LogP contribution in [0.2, 0.25) is 0 Å². The second kappa shape index (κ2) is 4.85. The van der Waals surface area contributed by atoms with Crippen LogP contribution in [0.4, 0.5) is 5.82 Å². The number of nitrogens with one attached hydrogen (secondary N) is 1. The molecular weight excluding hydrogens is 250 g/mol. The van der Waals surface area contributed by atoms with Crippen molar-refractivity contribution in [2.45, 2.75) is 18.9 Å². The van der Waals surface area contributed by atoms with Gasteiger partial charge in [-0.25, -0.2) is 9.78 Å². The molecule has 4 N–H and O–H groups in total. The van der Waals surface area contributed by atoms with Crippen LogP contribution in [0.25, 0.3) is 0 Å².